The van der Waals surface area contributed by atoms with Crippen molar-refractivity contribution in [2.45, 2.75) is 24.6 Å². The molecule has 0 bridgehead atoms. The molecule has 1 fully saturated rings. The van der Waals surface area contributed by atoms with Gasteiger partial charge >= 0.3 is 0 Å². The fourth-order valence-electron chi connectivity index (χ4n) is 2.91. The number of benzene rings is 1. The van der Waals surface area contributed by atoms with E-state index >= 15 is 0 Å². The summed E-state index contributed by atoms with van der Waals surface area (Å²) in [5.41, 5.74) is 2.68. The molecule has 0 radical (unpaired) electrons. The minimum absolute atomic E-state index is 0.148. The standard InChI is InChI=1S/C14H16ClNO/c15-13-5-6-16(9-13)14(17)12-7-10-3-1-2-4-11(10)8-12/h1-4,12-13H,5-9H2. The van der Waals surface area contributed by atoms with Gasteiger partial charge in [0, 0.05) is 19.0 Å². The van der Waals surface area contributed by atoms with Crippen LogP contribution in [0.15, 0.2) is 24.3 Å². The lowest BCUT2D eigenvalue weighted by Crippen LogP contribution is -2.34. The number of carbonyl (C=O) groups excluding carboxylic acids is 1. The minimum atomic E-state index is 0.148. The minimum Gasteiger partial charge on any atom is -0.341 e. The van der Waals surface area contributed by atoms with Crippen LogP contribution in [0.2, 0.25) is 0 Å². The van der Waals surface area contributed by atoms with Crippen LogP contribution in [0, 0.1) is 5.92 Å². The summed E-state index contributed by atoms with van der Waals surface area (Å²) in [4.78, 5) is 14.3. The fraction of sp³-hybridized carbons (Fsp3) is 0.500. The van der Waals surface area contributed by atoms with E-state index in [2.05, 4.69) is 24.3 Å². The Hall–Kier alpha value is -1.02. The molecule has 3 heteroatoms. The highest BCUT2D eigenvalue weighted by Gasteiger charge is 2.33. The summed E-state index contributed by atoms with van der Waals surface area (Å²) in [6, 6.07) is 8.38. The topological polar surface area (TPSA) is 20.3 Å². The summed E-state index contributed by atoms with van der Waals surface area (Å²) in [6.45, 7) is 1.56. The van der Waals surface area contributed by atoms with Gasteiger partial charge < -0.3 is 4.90 Å². The third-order valence-corrected chi connectivity index (χ3v) is 4.20. The number of halogens is 1. The number of carbonyl (C=O) groups is 1. The maximum Gasteiger partial charge on any atom is 0.226 e. The molecule has 1 unspecified atom stereocenters. The molecule has 17 heavy (non-hydrogen) atoms. The Kier molecular flexibility index (Phi) is 2.83. The molecule has 90 valence electrons. The molecule has 1 amide bonds. The van der Waals surface area contributed by atoms with E-state index in [0.29, 0.717) is 5.91 Å². The zero-order valence-electron chi connectivity index (χ0n) is 9.73. The molecular weight excluding hydrogens is 234 g/mol. The van der Waals surface area contributed by atoms with Crippen molar-refractivity contribution < 1.29 is 4.79 Å². The molecule has 3 rings (SSSR count). The Morgan fingerprint density at radius 1 is 1.24 bits per heavy atom. The van der Waals surface area contributed by atoms with Crippen molar-refractivity contribution in [2.24, 2.45) is 5.92 Å². The molecule has 0 N–H and O–H groups in total. The first-order valence-corrected chi connectivity index (χ1v) is 6.67. The van der Waals surface area contributed by atoms with E-state index in [0.717, 1.165) is 32.4 Å². The van der Waals surface area contributed by atoms with Crippen molar-refractivity contribution in [1.82, 2.24) is 4.90 Å². The van der Waals surface area contributed by atoms with Crippen molar-refractivity contribution in [3.63, 3.8) is 0 Å². The van der Waals surface area contributed by atoms with E-state index in [1.807, 2.05) is 4.90 Å². The first-order valence-electron chi connectivity index (χ1n) is 6.23. The lowest BCUT2D eigenvalue weighted by molar-refractivity contribution is -0.134. The number of amides is 1. The molecular formula is C14H16ClNO. The Morgan fingerprint density at radius 3 is 2.41 bits per heavy atom. The van der Waals surface area contributed by atoms with Crippen molar-refractivity contribution in [2.75, 3.05) is 13.1 Å². The lowest BCUT2D eigenvalue weighted by atomic mass is 10.1. The average Bonchev–Trinajstić information content (AvgIpc) is 2.93. The van der Waals surface area contributed by atoms with E-state index in [9.17, 15) is 4.79 Å². The Morgan fingerprint density at radius 2 is 1.88 bits per heavy atom. The van der Waals surface area contributed by atoms with Crippen molar-refractivity contribution in [1.29, 1.82) is 0 Å². The quantitative estimate of drug-likeness (QED) is 0.699. The van der Waals surface area contributed by atoms with Gasteiger partial charge in [0.05, 0.1) is 5.38 Å². The van der Waals surface area contributed by atoms with Gasteiger partial charge in [0.15, 0.2) is 0 Å². The van der Waals surface area contributed by atoms with Crippen molar-refractivity contribution >= 4 is 17.5 Å². The summed E-state index contributed by atoms with van der Waals surface area (Å²) >= 11 is 6.05. The summed E-state index contributed by atoms with van der Waals surface area (Å²) in [5.74, 6) is 0.443. The van der Waals surface area contributed by atoms with Gasteiger partial charge in [-0.05, 0) is 30.4 Å². The van der Waals surface area contributed by atoms with Crippen LogP contribution in [-0.4, -0.2) is 29.3 Å². The van der Waals surface area contributed by atoms with Gasteiger partial charge in [0.2, 0.25) is 5.91 Å². The van der Waals surface area contributed by atoms with Gasteiger partial charge in [0.1, 0.15) is 0 Å². The maximum absolute atomic E-state index is 12.3. The number of likely N-dealkylation sites (tertiary alicyclic amines) is 1. The highest BCUT2D eigenvalue weighted by Crippen LogP contribution is 2.29. The molecule has 0 spiro atoms. The zero-order valence-corrected chi connectivity index (χ0v) is 10.5. The predicted octanol–water partition coefficient (Wildman–Crippen LogP) is 2.24. The van der Waals surface area contributed by atoms with Gasteiger partial charge in [-0.25, -0.2) is 0 Å². The highest BCUT2D eigenvalue weighted by atomic mass is 35.5. The largest absolute Gasteiger partial charge is 0.341 e. The molecule has 1 aliphatic heterocycles. The number of hydrogen-bond donors (Lipinski definition) is 0. The Bertz CT molecular complexity index is 421. The van der Waals surface area contributed by atoms with E-state index in [4.69, 9.17) is 11.6 Å². The number of nitrogens with zero attached hydrogens (tertiary/aromatic N) is 1. The van der Waals surface area contributed by atoms with E-state index in [1.54, 1.807) is 0 Å². The second-order valence-corrected chi connectivity index (χ2v) is 5.66. The second kappa shape index (κ2) is 4.34. The average molecular weight is 250 g/mol. The van der Waals surface area contributed by atoms with Gasteiger partial charge in [-0.1, -0.05) is 24.3 Å². The van der Waals surface area contributed by atoms with E-state index in [-0.39, 0.29) is 11.3 Å². The van der Waals surface area contributed by atoms with Crippen LogP contribution in [0.4, 0.5) is 0 Å². The smallest absolute Gasteiger partial charge is 0.226 e. The van der Waals surface area contributed by atoms with Gasteiger partial charge in [0.25, 0.3) is 0 Å². The van der Waals surface area contributed by atoms with Crippen molar-refractivity contribution in [3.05, 3.63) is 35.4 Å². The monoisotopic (exact) mass is 249 g/mol. The summed E-state index contributed by atoms with van der Waals surface area (Å²) in [5, 5.41) is 0.155. The van der Waals surface area contributed by atoms with Crippen LogP contribution in [0.1, 0.15) is 17.5 Å². The van der Waals surface area contributed by atoms with Crippen molar-refractivity contribution in [3.8, 4) is 0 Å². The molecule has 0 saturated carbocycles. The maximum atomic E-state index is 12.3. The molecule has 0 aromatic heterocycles. The van der Waals surface area contributed by atoms with Crippen LogP contribution < -0.4 is 0 Å². The highest BCUT2D eigenvalue weighted by molar-refractivity contribution is 6.21. The fourth-order valence-corrected chi connectivity index (χ4v) is 3.17. The number of rotatable bonds is 1. The van der Waals surface area contributed by atoms with Crippen LogP contribution in [-0.2, 0) is 17.6 Å². The molecule has 1 heterocycles. The van der Waals surface area contributed by atoms with Crippen LogP contribution in [0.25, 0.3) is 0 Å². The molecule has 1 aromatic rings. The lowest BCUT2D eigenvalue weighted by Gasteiger charge is -2.19. The zero-order chi connectivity index (χ0) is 11.8. The Labute approximate surface area is 107 Å². The summed E-state index contributed by atoms with van der Waals surface area (Å²) < 4.78 is 0. The molecule has 1 aromatic carbocycles. The van der Waals surface area contributed by atoms with E-state index in [1.165, 1.54) is 11.1 Å². The number of alkyl halides is 1. The van der Waals surface area contributed by atoms with Crippen LogP contribution >= 0.6 is 11.6 Å². The normalized spacial score (nSPS) is 24.1. The molecule has 1 saturated heterocycles. The summed E-state index contributed by atoms with van der Waals surface area (Å²) in [7, 11) is 0. The number of fused-ring (bicyclic) bond motifs is 1. The molecule has 1 atom stereocenters. The van der Waals surface area contributed by atoms with E-state index < -0.39 is 0 Å². The molecule has 2 aliphatic rings. The van der Waals surface area contributed by atoms with Gasteiger partial charge in [-0.2, -0.15) is 0 Å². The van der Waals surface area contributed by atoms with Gasteiger partial charge in [-0.3, -0.25) is 4.79 Å². The van der Waals surface area contributed by atoms with Gasteiger partial charge in [-0.15, -0.1) is 11.6 Å². The molecule has 1 aliphatic carbocycles. The summed E-state index contributed by atoms with van der Waals surface area (Å²) in [6.07, 6.45) is 2.74. The Balaban J connectivity index is 1.70. The first kappa shape index (κ1) is 11.1. The third-order valence-electron chi connectivity index (χ3n) is 3.84. The predicted molar refractivity (Wildman–Crippen MR) is 68.2 cm³/mol. The van der Waals surface area contributed by atoms with Crippen LogP contribution in [0.3, 0.4) is 0 Å². The number of hydrogen-bond acceptors (Lipinski definition) is 1. The first-order chi connectivity index (χ1) is 8.24. The third kappa shape index (κ3) is 2.06. The van der Waals surface area contributed by atoms with Crippen LogP contribution in [0.5, 0.6) is 0 Å². The molecule has 2 nitrogen and oxygen atoms in total. The second-order valence-electron chi connectivity index (χ2n) is 5.04. The SMILES string of the molecule is O=C(C1Cc2ccccc2C1)N1CCC(Cl)C1.